The van der Waals surface area contributed by atoms with Gasteiger partial charge in [0.15, 0.2) is 5.69 Å². The van der Waals surface area contributed by atoms with E-state index in [0.29, 0.717) is 19.0 Å². The zero-order valence-corrected chi connectivity index (χ0v) is 9.73. The van der Waals surface area contributed by atoms with Crippen LogP contribution < -0.4 is 0 Å². The van der Waals surface area contributed by atoms with Crippen molar-refractivity contribution in [2.24, 2.45) is 0 Å². The van der Waals surface area contributed by atoms with Gasteiger partial charge in [0.2, 0.25) is 0 Å². The zero-order chi connectivity index (χ0) is 12.5. The van der Waals surface area contributed by atoms with Crippen molar-refractivity contribution < 1.29 is 9.90 Å². The van der Waals surface area contributed by atoms with E-state index in [-0.39, 0.29) is 5.69 Å². The molecule has 1 N–H and O–H groups in total. The smallest absolute Gasteiger partial charge is 0.358 e. The third-order valence-electron chi connectivity index (χ3n) is 3.04. The van der Waals surface area contributed by atoms with Crippen molar-refractivity contribution in [2.75, 3.05) is 0 Å². The summed E-state index contributed by atoms with van der Waals surface area (Å²) in [4.78, 5) is 11.1. The van der Waals surface area contributed by atoms with E-state index in [4.69, 9.17) is 5.11 Å². The lowest BCUT2D eigenvalue weighted by Crippen LogP contribution is -2.12. The molecule has 0 saturated heterocycles. The van der Waals surface area contributed by atoms with Crippen molar-refractivity contribution in [3.05, 3.63) is 29.8 Å². The maximum Gasteiger partial charge on any atom is 0.358 e. The number of rotatable bonds is 5. The SMILES string of the molecule is O=C(O)c1nnn(CCn2cccn2)c1C1CC1. The molecule has 2 heterocycles. The van der Waals surface area contributed by atoms with E-state index >= 15 is 0 Å². The van der Waals surface area contributed by atoms with Gasteiger partial charge in [-0.15, -0.1) is 5.10 Å². The molecule has 7 nitrogen and oxygen atoms in total. The number of carboxylic acids is 1. The zero-order valence-electron chi connectivity index (χ0n) is 9.73. The van der Waals surface area contributed by atoms with E-state index in [1.165, 1.54) is 0 Å². The van der Waals surface area contributed by atoms with Crippen molar-refractivity contribution >= 4 is 5.97 Å². The van der Waals surface area contributed by atoms with Gasteiger partial charge in [0.1, 0.15) is 0 Å². The second kappa shape index (κ2) is 4.25. The molecule has 94 valence electrons. The first-order valence-electron chi connectivity index (χ1n) is 5.90. The lowest BCUT2D eigenvalue weighted by Gasteiger charge is -2.06. The fraction of sp³-hybridized carbons (Fsp3) is 0.455. The van der Waals surface area contributed by atoms with Crippen molar-refractivity contribution in [2.45, 2.75) is 31.8 Å². The third-order valence-corrected chi connectivity index (χ3v) is 3.04. The van der Waals surface area contributed by atoms with Crippen LogP contribution in [0.1, 0.15) is 34.9 Å². The van der Waals surface area contributed by atoms with Gasteiger partial charge in [-0.1, -0.05) is 5.21 Å². The second-order valence-corrected chi connectivity index (χ2v) is 4.39. The van der Waals surface area contributed by atoms with Crippen LogP contribution in [0.3, 0.4) is 0 Å². The highest BCUT2D eigenvalue weighted by atomic mass is 16.4. The van der Waals surface area contributed by atoms with Gasteiger partial charge in [0.05, 0.1) is 18.8 Å². The van der Waals surface area contributed by atoms with Crippen LogP contribution in [0.4, 0.5) is 0 Å². The molecule has 0 aliphatic heterocycles. The summed E-state index contributed by atoms with van der Waals surface area (Å²) < 4.78 is 3.49. The monoisotopic (exact) mass is 247 g/mol. The molecule has 3 rings (SSSR count). The van der Waals surface area contributed by atoms with Gasteiger partial charge in [-0.25, -0.2) is 9.48 Å². The average molecular weight is 247 g/mol. The van der Waals surface area contributed by atoms with Gasteiger partial charge in [-0.3, -0.25) is 4.68 Å². The molecule has 2 aromatic rings. The van der Waals surface area contributed by atoms with Crippen molar-refractivity contribution in [3.63, 3.8) is 0 Å². The summed E-state index contributed by atoms with van der Waals surface area (Å²) in [6, 6.07) is 1.85. The molecular weight excluding hydrogens is 234 g/mol. The van der Waals surface area contributed by atoms with Gasteiger partial charge >= 0.3 is 5.97 Å². The molecule has 0 bridgehead atoms. The topological polar surface area (TPSA) is 85.8 Å². The summed E-state index contributed by atoms with van der Waals surface area (Å²) in [5, 5.41) is 20.9. The molecule has 1 fully saturated rings. The fourth-order valence-electron chi connectivity index (χ4n) is 2.03. The maximum atomic E-state index is 11.1. The van der Waals surface area contributed by atoms with Crippen LogP contribution in [-0.2, 0) is 13.1 Å². The lowest BCUT2D eigenvalue weighted by molar-refractivity contribution is 0.0689. The molecule has 7 heteroatoms. The third kappa shape index (κ3) is 1.99. The molecule has 1 aliphatic rings. The lowest BCUT2D eigenvalue weighted by atomic mass is 10.2. The highest BCUT2D eigenvalue weighted by molar-refractivity contribution is 5.86. The fourth-order valence-corrected chi connectivity index (χ4v) is 2.03. The van der Waals surface area contributed by atoms with E-state index in [0.717, 1.165) is 18.5 Å². The van der Waals surface area contributed by atoms with E-state index < -0.39 is 5.97 Å². The number of hydrogen-bond acceptors (Lipinski definition) is 4. The van der Waals surface area contributed by atoms with E-state index in [1.54, 1.807) is 15.6 Å². The molecule has 1 saturated carbocycles. The Morgan fingerprint density at radius 3 is 2.89 bits per heavy atom. The Balaban J connectivity index is 1.81. The second-order valence-electron chi connectivity index (χ2n) is 4.39. The number of aromatic nitrogens is 5. The van der Waals surface area contributed by atoms with Gasteiger partial charge < -0.3 is 5.11 Å². The predicted molar refractivity (Wildman–Crippen MR) is 61.2 cm³/mol. The van der Waals surface area contributed by atoms with Crippen LogP contribution in [-0.4, -0.2) is 35.9 Å². The number of aryl methyl sites for hydroxylation is 2. The minimum atomic E-state index is -0.998. The molecule has 0 radical (unpaired) electrons. The number of carboxylic acid groups (broad SMARTS) is 1. The summed E-state index contributed by atoms with van der Waals surface area (Å²) in [6.45, 7) is 1.25. The van der Waals surface area contributed by atoms with Crippen LogP contribution in [0.2, 0.25) is 0 Å². The highest BCUT2D eigenvalue weighted by Gasteiger charge is 2.33. The largest absolute Gasteiger partial charge is 0.476 e. The number of carbonyl (C=O) groups is 1. The Kier molecular flexibility index (Phi) is 2.58. The van der Waals surface area contributed by atoms with E-state index in [1.807, 2.05) is 12.3 Å². The first-order valence-corrected chi connectivity index (χ1v) is 5.90. The molecule has 0 aromatic carbocycles. The summed E-state index contributed by atoms with van der Waals surface area (Å²) >= 11 is 0. The summed E-state index contributed by atoms with van der Waals surface area (Å²) in [7, 11) is 0. The Labute approximate surface area is 103 Å². The average Bonchev–Trinajstić information content (AvgIpc) is 2.91. The highest BCUT2D eigenvalue weighted by Crippen LogP contribution is 2.41. The van der Waals surface area contributed by atoms with Gasteiger partial charge in [-0.2, -0.15) is 5.10 Å². The molecular formula is C11H13N5O2. The normalized spacial score (nSPS) is 14.9. The summed E-state index contributed by atoms with van der Waals surface area (Å²) in [6.07, 6.45) is 5.63. The Morgan fingerprint density at radius 2 is 2.28 bits per heavy atom. The first kappa shape index (κ1) is 10.9. The molecule has 0 unspecified atom stereocenters. The first-order chi connectivity index (χ1) is 8.75. The van der Waals surface area contributed by atoms with Gasteiger partial charge in [0.25, 0.3) is 0 Å². The quantitative estimate of drug-likeness (QED) is 0.842. The van der Waals surface area contributed by atoms with Crippen molar-refractivity contribution in [1.29, 1.82) is 0 Å². The minimum absolute atomic E-state index is 0.0953. The molecule has 18 heavy (non-hydrogen) atoms. The van der Waals surface area contributed by atoms with E-state index in [9.17, 15) is 4.79 Å². The standard InChI is InChI=1S/C11H13N5O2/c17-11(18)9-10(8-2-3-8)16(14-13-9)7-6-15-5-1-4-12-15/h1,4-5,8H,2-3,6-7H2,(H,17,18). The van der Waals surface area contributed by atoms with Crippen molar-refractivity contribution in [1.82, 2.24) is 24.8 Å². The molecule has 0 spiro atoms. The van der Waals surface area contributed by atoms with Gasteiger partial charge in [0, 0.05) is 18.3 Å². The van der Waals surface area contributed by atoms with Crippen LogP contribution in [0.15, 0.2) is 18.5 Å². The number of hydrogen-bond donors (Lipinski definition) is 1. The van der Waals surface area contributed by atoms with Gasteiger partial charge in [-0.05, 0) is 18.9 Å². The predicted octanol–water partition coefficient (Wildman–Crippen LogP) is 0.750. The Hall–Kier alpha value is -2.18. The molecule has 0 atom stereocenters. The van der Waals surface area contributed by atoms with Crippen molar-refractivity contribution in [3.8, 4) is 0 Å². The molecule has 1 aliphatic carbocycles. The van der Waals surface area contributed by atoms with Crippen LogP contribution >= 0.6 is 0 Å². The Bertz CT molecular complexity index is 556. The summed E-state index contributed by atoms with van der Waals surface area (Å²) in [5.41, 5.74) is 0.854. The number of nitrogens with zero attached hydrogens (tertiary/aromatic N) is 5. The summed E-state index contributed by atoms with van der Waals surface area (Å²) in [5.74, 6) is -0.689. The van der Waals surface area contributed by atoms with Crippen LogP contribution in [0.5, 0.6) is 0 Å². The number of aromatic carboxylic acids is 1. The van der Waals surface area contributed by atoms with Crippen LogP contribution in [0.25, 0.3) is 0 Å². The van der Waals surface area contributed by atoms with E-state index in [2.05, 4.69) is 15.4 Å². The molecule has 0 amide bonds. The Morgan fingerprint density at radius 1 is 1.44 bits per heavy atom. The maximum absolute atomic E-state index is 11.1. The molecule has 2 aromatic heterocycles. The van der Waals surface area contributed by atoms with Crippen LogP contribution in [0, 0.1) is 0 Å². The minimum Gasteiger partial charge on any atom is -0.476 e.